The van der Waals surface area contributed by atoms with Crippen molar-refractivity contribution in [1.29, 1.82) is 0 Å². The third-order valence-corrected chi connectivity index (χ3v) is 6.25. The van der Waals surface area contributed by atoms with E-state index in [2.05, 4.69) is 11.9 Å². The van der Waals surface area contributed by atoms with Crippen LogP contribution in [0.3, 0.4) is 0 Å². The Labute approximate surface area is 173 Å². The number of hydrogen-bond acceptors (Lipinski definition) is 5. The predicted molar refractivity (Wildman–Crippen MR) is 119 cm³/mol. The molecule has 0 aliphatic carbocycles. The van der Waals surface area contributed by atoms with Crippen LogP contribution in [0.1, 0.15) is 102 Å². The SMILES string of the molecule is CCCCCCCCCCCCCCCCOc1nc2scc(C)c2c(=O)o1. The van der Waals surface area contributed by atoms with Crippen LogP contribution >= 0.6 is 11.3 Å². The molecule has 0 fully saturated rings. The summed E-state index contributed by atoms with van der Waals surface area (Å²) in [6, 6.07) is 0. The van der Waals surface area contributed by atoms with E-state index < -0.39 is 0 Å². The number of hydrogen-bond donors (Lipinski definition) is 0. The molecule has 2 rings (SSSR count). The Kier molecular flexibility index (Phi) is 11.3. The fourth-order valence-corrected chi connectivity index (χ4v) is 4.41. The molecule has 2 aromatic heterocycles. The second-order valence-electron chi connectivity index (χ2n) is 7.81. The van der Waals surface area contributed by atoms with Crippen LogP contribution < -0.4 is 10.4 Å². The summed E-state index contributed by atoms with van der Waals surface area (Å²) in [5, 5.41) is 2.50. The lowest BCUT2D eigenvalue weighted by molar-refractivity contribution is 0.211. The van der Waals surface area contributed by atoms with Crippen LogP contribution in [0.2, 0.25) is 0 Å². The van der Waals surface area contributed by atoms with Gasteiger partial charge in [-0.3, -0.25) is 0 Å². The Bertz CT molecular complexity index is 722. The van der Waals surface area contributed by atoms with E-state index in [1.54, 1.807) is 0 Å². The molecule has 0 amide bonds. The van der Waals surface area contributed by atoms with E-state index in [1.807, 2.05) is 12.3 Å². The predicted octanol–water partition coefficient (Wildman–Crippen LogP) is 7.42. The van der Waals surface area contributed by atoms with Crippen molar-refractivity contribution in [3.05, 3.63) is 21.4 Å². The van der Waals surface area contributed by atoms with Crippen molar-refractivity contribution in [2.75, 3.05) is 6.61 Å². The van der Waals surface area contributed by atoms with Crippen LogP contribution in [0.15, 0.2) is 14.6 Å². The Hall–Kier alpha value is -1.36. The van der Waals surface area contributed by atoms with Gasteiger partial charge in [0.15, 0.2) is 0 Å². The van der Waals surface area contributed by atoms with Gasteiger partial charge in [-0.15, -0.1) is 11.3 Å². The average molecular weight is 408 g/mol. The molecule has 0 N–H and O–H groups in total. The van der Waals surface area contributed by atoms with Gasteiger partial charge in [0.1, 0.15) is 10.2 Å². The first-order valence-corrected chi connectivity index (χ1v) is 12.1. The van der Waals surface area contributed by atoms with E-state index in [9.17, 15) is 4.79 Å². The van der Waals surface area contributed by atoms with Gasteiger partial charge in [0.05, 0.1) is 6.61 Å². The summed E-state index contributed by atoms with van der Waals surface area (Å²) in [6.45, 7) is 4.73. The normalized spacial score (nSPS) is 11.4. The van der Waals surface area contributed by atoms with E-state index in [1.165, 1.54) is 88.4 Å². The summed E-state index contributed by atoms with van der Waals surface area (Å²) < 4.78 is 10.7. The van der Waals surface area contributed by atoms with Crippen molar-refractivity contribution >= 4 is 21.6 Å². The minimum atomic E-state index is -0.347. The smallest absolute Gasteiger partial charge is 0.397 e. The minimum Gasteiger partial charge on any atom is -0.450 e. The number of unbranched alkanes of at least 4 members (excludes halogenated alkanes) is 13. The molecule has 0 radical (unpaired) electrons. The Morgan fingerprint density at radius 1 is 0.893 bits per heavy atom. The van der Waals surface area contributed by atoms with Gasteiger partial charge < -0.3 is 9.15 Å². The lowest BCUT2D eigenvalue weighted by atomic mass is 10.0. The molecule has 0 spiro atoms. The summed E-state index contributed by atoms with van der Waals surface area (Å²) >= 11 is 1.45. The average Bonchev–Trinajstić information content (AvgIpc) is 3.06. The maximum atomic E-state index is 12.0. The molecule has 28 heavy (non-hydrogen) atoms. The minimum absolute atomic E-state index is 0.106. The molecule has 0 aliphatic heterocycles. The fourth-order valence-electron chi connectivity index (χ4n) is 3.52. The van der Waals surface area contributed by atoms with E-state index in [0.717, 1.165) is 18.4 Å². The van der Waals surface area contributed by atoms with Gasteiger partial charge in [-0.25, -0.2) is 4.79 Å². The quantitative estimate of drug-likeness (QED) is 0.272. The van der Waals surface area contributed by atoms with Gasteiger partial charge in [0.25, 0.3) is 0 Å². The molecule has 0 unspecified atom stereocenters. The van der Waals surface area contributed by atoms with Gasteiger partial charge in [-0.1, -0.05) is 90.4 Å². The largest absolute Gasteiger partial charge is 0.450 e. The van der Waals surface area contributed by atoms with E-state index in [0.29, 0.717) is 16.8 Å². The molecule has 2 heterocycles. The van der Waals surface area contributed by atoms with Crippen molar-refractivity contribution in [1.82, 2.24) is 4.98 Å². The molecule has 158 valence electrons. The summed E-state index contributed by atoms with van der Waals surface area (Å²) in [5.74, 6) is 0. The molecule has 0 aliphatic rings. The highest BCUT2D eigenvalue weighted by atomic mass is 32.1. The second-order valence-corrected chi connectivity index (χ2v) is 8.67. The summed E-state index contributed by atoms with van der Waals surface area (Å²) in [6.07, 6.45) is 18.8. The number of aromatic nitrogens is 1. The molecule has 0 saturated carbocycles. The molecular weight excluding hydrogens is 370 g/mol. The maximum absolute atomic E-state index is 12.0. The second kappa shape index (κ2) is 13.8. The number of rotatable bonds is 16. The Morgan fingerprint density at radius 2 is 1.43 bits per heavy atom. The number of ether oxygens (including phenoxy) is 1. The van der Waals surface area contributed by atoms with Gasteiger partial charge >= 0.3 is 11.7 Å². The highest BCUT2D eigenvalue weighted by Gasteiger charge is 2.11. The topological polar surface area (TPSA) is 52.3 Å². The molecule has 5 heteroatoms. The van der Waals surface area contributed by atoms with Crippen LogP contribution in [0.25, 0.3) is 10.2 Å². The summed E-state index contributed by atoms with van der Waals surface area (Å²) in [5.41, 5.74) is 0.569. The van der Waals surface area contributed by atoms with Gasteiger partial charge in [-0.05, 0) is 24.3 Å². The molecule has 0 aromatic carbocycles. The zero-order valence-corrected chi connectivity index (χ0v) is 18.6. The molecular formula is C23H37NO3S. The highest BCUT2D eigenvalue weighted by molar-refractivity contribution is 7.16. The molecule has 4 nitrogen and oxygen atoms in total. The van der Waals surface area contributed by atoms with Crippen LogP contribution in [-0.2, 0) is 0 Å². The summed E-state index contributed by atoms with van der Waals surface area (Å²) in [7, 11) is 0. The summed E-state index contributed by atoms with van der Waals surface area (Å²) in [4.78, 5) is 17.0. The molecule has 2 aromatic rings. The highest BCUT2D eigenvalue weighted by Crippen LogP contribution is 2.22. The van der Waals surface area contributed by atoms with Gasteiger partial charge in [0.2, 0.25) is 0 Å². The first-order chi connectivity index (χ1) is 13.7. The lowest BCUT2D eigenvalue weighted by Crippen LogP contribution is -2.05. The molecule has 0 atom stereocenters. The third-order valence-electron chi connectivity index (χ3n) is 5.26. The lowest BCUT2D eigenvalue weighted by Gasteiger charge is -2.04. The van der Waals surface area contributed by atoms with Gasteiger partial charge in [-0.2, -0.15) is 4.98 Å². The van der Waals surface area contributed by atoms with E-state index >= 15 is 0 Å². The number of fused-ring (bicyclic) bond motifs is 1. The van der Waals surface area contributed by atoms with Crippen molar-refractivity contribution in [2.24, 2.45) is 0 Å². The monoisotopic (exact) mass is 407 g/mol. The third kappa shape index (κ3) is 8.34. The van der Waals surface area contributed by atoms with Gasteiger partial charge in [0, 0.05) is 0 Å². The van der Waals surface area contributed by atoms with Crippen LogP contribution in [0.5, 0.6) is 6.08 Å². The van der Waals surface area contributed by atoms with E-state index in [-0.39, 0.29) is 11.7 Å². The molecule has 0 saturated heterocycles. The molecule has 0 bridgehead atoms. The van der Waals surface area contributed by atoms with Crippen molar-refractivity contribution in [3.8, 4) is 6.08 Å². The van der Waals surface area contributed by atoms with E-state index in [4.69, 9.17) is 9.15 Å². The fraction of sp³-hybridized carbons (Fsp3) is 0.739. The standard InChI is InChI=1S/C23H37NO3S/c1-3-4-5-6-7-8-9-10-11-12-13-14-15-16-17-26-23-24-21-20(22(25)27-23)19(2)18-28-21/h18H,3-17H2,1-2H3. The Morgan fingerprint density at radius 3 is 2.00 bits per heavy atom. The maximum Gasteiger partial charge on any atom is 0.397 e. The van der Waals surface area contributed by atoms with Crippen molar-refractivity contribution < 1.29 is 9.15 Å². The van der Waals surface area contributed by atoms with Crippen molar-refractivity contribution in [2.45, 2.75) is 104 Å². The van der Waals surface area contributed by atoms with Crippen LogP contribution in [0, 0.1) is 6.92 Å². The number of nitrogens with zero attached hydrogens (tertiary/aromatic N) is 1. The number of thiophene rings is 1. The number of aryl methyl sites for hydroxylation is 1. The first-order valence-electron chi connectivity index (χ1n) is 11.2. The van der Waals surface area contributed by atoms with Crippen molar-refractivity contribution in [3.63, 3.8) is 0 Å². The first kappa shape index (κ1) is 22.9. The van der Waals surface area contributed by atoms with Crippen LogP contribution in [-0.4, -0.2) is 11.6 Å². The van der Waals surface area contributed by atoms with Crippen LogP contribution in [0.4, 0.5) is 0 Å². The zero-order chi connectivity index (χ0) is 20.0. The Balaban J connectivity index is 1.43. The zero-order valence-electron chi connectivity index (χ0n) is 17.8.